The van der Waals surface area contributed by atoms with E-state index in [1.165, 1.54) is 25.7 Å². The molecule has 1 saturated heterocycles. The molecule has 0 saturated carbocycles. The van der Waals surface area contributed by atoms with Gasteiger partial charge in [0.25, 0.3) is 0 Å². The fraction of sp³-hybridized carbons (Fsp3) is 0.786. The first-order chi connectivity index (χ1) is 8.36. The number of hydrogen-bond donors (Lipinski definition) is 1. The van der Waals surface area contributed by atoms with Crippen molar-refractivity contribution >= 4 is 17.7 Å². The van der Waals surface area contributed by atoms with Crippen LogP contribution >= 0.6 is 11.8 Å². The Morgan fingerprint density at radius 1 is 1.35 bits per heavy atom. The minimum atomic E-state index is 0.289. The maximum atomic E-state index is 11.9. The number of thioether (sulfide) groups is 1. The fourth-order valence-electron chi connectivity index (χ4n) is 2.58. The SMILES string of the molecule is O=C(NCCC1=CCCCC1)C1CCSCC1. The lowest BCUT2D eigenvalue weighted by Gasteiger charge is -2.21. The van der Waals surface area contributed by atoms with Gasteiger partial charge in [-0.25, -0.2) is 0 Å². The molecule has 0 aromatic rings. The lowest BCUT2D eigenvalue weighted by atomic mass is 9.97. The Morgan fingerprint density at radius 2 is 2.18 bits per heavy atom. The van der Waals surface area contributed by atoms with E-state index in [4.69, 9.17) is 0 Å². The highest BCUT2D eigenvalue weighted by Gasteiger charge is 2.20. The Morgan fingerprint density at radius 3 is 2.88 bits per heavy atom. The van der Waals surface area contributed by atoms with Crippen LogP contribution in [-0.2, 0) is 4.79 Å². The second kappa shape index (κ2) is 7.10. The maximum absolute atomic E-state index is 11.9. The summed E-state index contributed by atoms with van der Waals surface area (Å²) in [5.74, 6) is 2.89. The molecule has 3 heteroatoms. The summed E-state index contributed by atoms with van der Waals surface area (Å²) in [4.78, 5) is 11.9. The van der Waals surface area contributed by atoms with Crippen molar-refractivity contribution in [2.75, 3.05) is 18.1 Å². The molecule has 17 heavy (non-hydrogen) atoms. The summed E-state index contributed by atoms with van der Waals surface area (Å²) in [6, 6.07) is 0. The first-order valence-electron chi connectivity index (χ1n) is 6.89. The summed E-state index contributed by atoms with van der Waals surface area (Å²) < 4.78 is 0. The molecule has 0 aromatic heterocycles. The molecule has 0 unspecified atom stereocenters. The lowest BCUT2D eigenvalue weighted by Crippen LogP contribution is -2.33. The zero-order valence-corrected chi connectivity index (χ0v) is 11.4. The minimum Gasteiger partial charge on any atom is -0.356 e. The Bertz CT molecular complexity index is 282. The molecule has 1 aliphatic carbocycles. The monoisotopic (exact) mass is 253 g/mol. The van der Waals surface area contributed by atoms with Crippen molar-refractivity contribution in [1.29, 1.82) is 0 Å². The van der Waals surface area contributed by atoms with Gasteiger partial charge in [-0.15, -0.1) is 0 Å². The van der Waals surface area contributed by atoms with Gasteiger partial charge in [-0.1, -0.05) is 11.6 Å². The summed E-state index contributed by atoms with van der Waals surface area (Å²) >= 11 is 1.97. The summed E-state index contributed by atoms with van der Waals surface area (Å²) in [5, 5.41) is 3.11. The van der Waals surface area contributed by atoms with Crippen LogP contribution in [0.1, 0.15) is 44.9 Å². The van der Waals surface area contributed by atoms with E-state index in [0.29, 0.717) is 5.91 Å². The van der Waals surface area contributed by atoms with Gasteiger partial charge in [0.15, 0.2) is 0 Å². The summed E-state index contributed by atoms with van der Waals surface area (Å²) in [6.07, 6.45) is 10.7. The second-order valence-electron chi connectivity index (χ2n) is 5.04. The zero-order valence-electron chi connectivity index (χ0n) is 10.5. The highest BCUT2D eigenvalue weighted by molar-refractivity contribution is 7.99. The summed E-state index contributed by atoms with van der Waals surface area (Å²) in [7, 11) is 0. The van der Waals surface area contributed by atoms with E-state index in [9.17, 15) is 4.79 Å². The van der Waals surface area contributed by atoms with Gasteiger partial charge >= 0.3 is 0 Å². The average Bonchev–Trinajstić information content (AvgIpc) is 2.41. The van der Waals surface area contributed by atoms with Crippen molar-refractivity contribution in [3.8, 4) is 0 Å². The average molecular weight is 253 g/mol. The van der Waals surface area contributed by atoms with Gasteiger partial charge in [-0.05, 0) is 56.5 Å². The van der Waals surface area contributed by atoms with Crippen molar-refractivity contribution in [3.05, 3.63) is 11.6 Å². The minimum absolute atomic E-state index is 0.289. The third kappa shape index (κ3) is 4.38. The van der Waals surface area contributed by atoms with Crippen molar-refractivity contribution in [1.82, 2.24) is 5.32 Å². The smallest absolute Gasteiger partial charge is 0.223 e. The third-order valence-electron chi connectivity index (χ3n) is 3.72. The van der Waals surface area contributed by atoms with Crippen LogP contribution in [0.4, 0.5) is 0 Å². The van der Waals surface area contributed by atoms with Crippen molar-refractivity contribution in [2.24, 2.45) is 5.92 Å². The molecule has 1 N–H and O–H groups in total. The lowest BCUT2D eigenvalue weighted by molar-refractivity contribution is -0.125. The van der Waals surface area contributed by atoms with E-state index in [1.807, 2.05) is 11.8 Å². The number of rotatable bonds is 4. The van der Waals surface area contributed by atoms with Crippen LogP contribution in [0, 0.1) is 5.92 Å². The van der Waals surface area contributed by atoms with Crippen LogP contribution in [-0.4, -0.2) is 24.0 Å². The van der Waals surface area contributed by atoms with Gasteiger partial charge in [-0.3, -0.25) is 4.79 Å². The highest BCUT2D eigenvalue weighted by Crippen LogP contribution is 2.23. The Labute approximate surface area is 109 Å². The molecule has 0 bridgehead atoms. The first kappa shape index (κ1) is 13.0. The predicted molar refractivity (Wildman–Crippen MR) is 74.2 cm³/mol. The van der Waals surface area contributed by atoms with Gasteiger partial charge in [0.05, 0.1) is 0 Å². The molecule has 2 rings (SSSR count). The number of nitrogens with one attached hydrogen (secondary N) is 1. The van der Waals surface area contributed by atoms with Gasteiger partial charge < -0.3 is 5.32 Å². The molecule has 1 heterocycles. The van der Waals surface area contributed by atoms with E-state index in [0.717, 1.165) is 37.3 Å². The fourth-order valence-corrected chi connectivity index (χ4v) is 3.69. The molecule has 1 amide bonds. The van der Waals surface area contributed by atoms with E-state index < -0.39 is 0 Å². The van der Waals surface area contributed by atoms with E-state index in [2.05, 4.69) is 11.4 Å². The molecule has 2 nitrogen and oxygen atoms in total. The molecule has 96 valence electrons. The number of amides is 1. The third-order valence-corrected chi connectivity index (χ3v) is 4.77. The van der Waals surface area contributed by atoms with Crippen LogP contribution in [0.2, 0.25) is 0 Å². The molecule has 1 fully saturated rings. The summed E-state index contributed by atoms with van der Waals surface area (Å²) in [5.41, 5.74) is 1.55. The molecule has 0 spiro atoms. The number of carbonyl (C=O) groups excluding carboxylic acids is 1. The predicted octanol–water partition coefficient (Wildman–Crippen LogP) is 3.14. The van der Waals surface area contributed by atoms with E-state index in [1.54, 1.807) is 5.57 Å². The Hall–Kier alpha value is -0.440. The molecular weight excluding hydrogens is 230 g/mol. The van der Waals surface area contributed by atoms with Crippen molar-refractivity contribution in [2.45, 2.75) is 44.9 Å². The standard InChI is InChI=1S/C14H23NOS/c16-14(13-7-10-17-11-8-13)15-9-6-12-4-2-1-3-5-12/h4,13H,1-3,5-11H2,(H,15,16). The van der Waals surface area contributed by atoms with Crippen molar-refractivity contribution in [3.63, 3.8) is 0 Å². The quantitative estimate of drug-likeness (QED) is 0.780. The maximum Gasteiger partial charge on any atom is 0.223 e. The van der Waals surface area contributed by atoms with E-state index in [-0.39, 0.29) is 5.92 Å². The Balaban J connectivity index is 1.63. The first-order valence-corrected chi connectivity index (χ1v) is 8.05. The molecule has 0 atom stereocenters. The highest BCUT2D eigenvalue weighted by atomic mass is 32.2. The van der Waals surface area contributed by atoms with Crippen LogP contribution in [0.15, 0.2) is 11.6 Å². The molecule has 1 aliphatic heterocycles. The number of hydrogen-bond acceptors (Lipinski definition) is 2. The van der Waals surface area contributed by atoms with Crippen LogP contribution < -0.4 is 5.32 Å². The Kier molecular flexibility index (Phi) is 5.43. The molecule has 2 aliphatic rings. The van der Waals surface area contributed by atoms with Gasteiger partial charge in [0.1, 0.15) is 0 Å². The van der Waals surface area contributed by atoms with Crippen LogP contribution in [0.3, 0.4) is 0 Å². The van der Waals surface area contributed by atoms with Crippen LogP contribution in [0.25, 0.3) is 0 Å². The number of allylic oxidation sites excluding steroid dienone is 1. The number of carbonyl (C=O) groups is 1. The summed E-state index contributed by atoms with van der Waals surface area (Å²) in [6.45, 7) is 0.842. The van der Waals surface area contributed by atoms with Crippen LogP contribution in [0.5, 0.6) is 0 Å². The van der Waals surface area contributed by atoms with Gasteiger partial charge in [0.2, 0.25) is 5.91 Å². The zero-order chi connectivity index (χ0) is 11.9. The second-order valence-corrected chi connectivity index (χ2v) is 6.26. The molecule has 0 aromatic carbocycles. The van der Waals surface area contributed by atoms with E-state index >= 15 is 0 Å². The molecular formula is C14H23NOS. The van der Waals surface area contributed by atoms with Gasteiger partial charge in [-0.2, -0.15) is 11.8 Å². The van der Waals surface area contributed by atoms with Crippen molar-refractivity contribution < 1.29 is 4.79 Å². The largest absolute Gasteiger partial charge is 0.356 e. The van der Waals surface area contributed by atoms with Gasteiger partial charge in [0, 0.05) is 12.5 Å². The normalized spacial score (nSPS) is 22.0. The molecule has 0 radical (unpaired) electrons. The topological polar surface area (TPSA) is 29.1 Å².